The number of pyridine rings is 1. The summed E-state index contributed by atoms with van der Waals surface area (Å²) in [6, 6.07) is 13.2. The third-order valence-corrected chi connectivity index (χ3v) is 4.23. The zero-order valence-electron chi connectivity index (χ0n) is 12.1. The number of nitrogens with one attached hydrogen (secondary N) is 1. The van der Waals surface area contributed by atoms with Crippen LogP contribution >= 0.6 is 0 Å². The molecular weight excluding hydrogens is 244 g/mol. The molecular formula is C18H22N2. The van der Waals surface area contributed by atoms with Crippen LogP contribution in [0.2, 0.25) is 0 Å². The number of fused-ring (bicyclic) bond motifs is 1. The maximum absolute atomic E-state index is 4.55. The lowest BCUT2D eigenvalue weighted by molar-refractivity contribution is 0.670. The molecule has 1 aliphatic rings. The molecule has 20 heavy (non-hydrogen) atoms. The molecule has 0 fully saturated rings. The molecule has 0 amide bonds. The third kappa shape index (κ3) is 2.75. The van der Waals surface area contributed by atoms with Crippen LogP contribution in [-0.4, -0.2) is 18.6 Å². The first kappa shape index (κ1) is 13.3. The average molecular weight is 266 g/mol. The molecule has 1 aliphatic carbocycles. The van der Waals surface area contributed by atoms with E-state index in [1.165, 1.54) is 31.2 Å². The number of likely N-dealkylation sites (N-methyl/N-ethyl adjacent to an activating group) is 1. The first-order valence-electron chi connectivity index (χ1n) is 7.55. The summed E-state index contributed by atoms with van der Waals surface area (Å²) in [7, 11) is 2.01. The lowest BCUT2D eigenvalue weighted by Gasteiger charge is -2.21. The zero-order chi connectivity index (χ0) is 13.8. The molecule has 1 N–H and O–H groups in total. The fourth-order valence-corrected chi connectivity index (χ4v) is 3.15. The lowest BCUT2D eigenvalue weighted by atomic mass is 9.86. The van der Waals surface area contributed by atoms with Gasteiger partial charge in [-0.2, -0.15) is 0 Å². The lowest BCUT2D eigenvalue weighted by Crippen LogP contribution is -2.19. The molecule has 0 aliphatic heterocycles. The number of aryl methyl sites for hydroxylation is 2. The van der Waals surface area contributed by atoms with Gasteiger partial charge in [-0.05, 0) is 61.6 Å². The Bertz CT molecular complexity index is 563. The Balaban J connectivity index is 1.95. The maximum Gasteiger partial charge on any atom is 0.0491 e. The van der Waals surface area contributed by atoms with Crippen molar-refractivity contribution in [2.24, 2.45) is 0 Å². The highest BCUT2D eigenvalue weighted by atomic mass is 14.8. The Morgan fingerprint density at radius 3 is 2.70 bits per heavy atom. The van der Waals surface area contributed by atoms with Crippen LogP contribution in [0, 0.1) is 0 Å². The van der Waals surface area contributed by atoms with Gasteiger partial charge in [0, 0.05) is 24.4 Å². The van der Waals surface area contributed by atoms with Gasteiger partial charge >= 0.3 is 0 Å². The van der Waals surface area contributed by atoms with Crippen molar-refractivity contribution in [3.63, 3.8) is 0 Å². The number of rotatable bonds is 4. The summed E-state index contributed by atoms with van der Waals surface area (Å²) in [4.78, 5) is 4.55. The number of nitrogens with zero attached hydrogens (tertiary/aromatic N) is 1. The third-order valence-electron chi connectivity index (χ3n) is 4.23. The Kier molecular flexibility index (Phi) is 4.12. The van der Waals surface area contributed by atoms with Crippen molar-refractivity contribution in [1.82, 2.24) is 10.3 Å². The van der Waals surface area contributed by atoms with E-state index in [9.17, 15) is 0 Å². The van der Waals surface area contributed by atoms with Crippen LogP contribution in [0.5, 0.6) is 0 Å². The summed E-state index contributed by atoms with van der Waals surface area (Å²) in [6.07, 6.45) is 7.03. The molecule has 0 saturated carbocycles. The fraction of sp³-hybridized carbons (Fsp3) is 0.389. The minimum absolute atomic E-state index is 0.341. The quantitative estimate of drug-likeness (QED) is 0.918. The van der Waals surface area contributed by atoms with Crippen LogP contribution in [-0.2, 0) is 12.8 Å². The molecule has 2 heteroatoms. The van der Waals surface area contributed by atoms with Crippen molar-refractivity contribution in [2.75, 3.05) is 13.6 Å². The van der Waals surface area contributed by atoms with Crippen molar-refractivity contribution in [3.05, 3.63) is 65.0 Å². The molecule has 1 aromatic carbocycles. The molecule has 0 saturated heterocycles. The van der Waals surface area contributed by atoms with Gasteiger partial charge in [-0.25, -0.2) is 0 Å². The van der Waals surface area contributed by atoms with Crippen molar-refractivity contribution in [2.45, 2.75) is 31.6 Å². The summed E-state index contributed by atoms with van der Waals surface area (Å²) in [6.45, 7) is 0.926. The van der Waals surface area contributed by atoms with Gasteiger partial charge in [0.15, 0.2) is 0 Å². The second-order valence-corrected chi connectivity index (χ2v) is 5.60. The standard InChI is InChI=1S/C18H22N2/c1-19-13-17(18-8-4-5-11-20-18)16-10-9-14-6-2-3-7-15(14)12-16/h4-5,8-12,17,19H,2-3,6-7,13H2,1H3. The van der Waals surface area contributed by atoms with Crippen LogP contribution < -0.4 is 5.32 Å². The van der Waals surface area contributed by atoms with Crippen molar-refractivity contribution in [3.8, 4) is 0 Å². The summed E-state index contributed by atoms with van der Waals surface area (Å²) < 4.78 is 0. The normalized spacial score (nSPS) is 15.7. The summed E-state index contributed by atoms with van der Waals surface area (Å²) in [5.74, 6) is 0.341. The second kappa shape index (κ2) is 6.19. The smallest absolute Gasteiger partial charge is 0.0491 e. The minimum atomic E-state index is 0.341. The van der Waals surface area contributed by atoms with E-state index in [0.29, 0.717) is 5.92 Å². The molecule has 0 spiro atoms. The van der Waals surface area contributed by atoms with E-state index in [1.54, 1.807) is 11.1 Å². The van der Waals surface area contributed by atoms with E-state index >= 15 is 0 Å². The van der Waals surface area contributed by atoms with E-state index in [2.05, 4.69) is 40.6 Å². The highest BCUT2D eigenvalue weighted by molar-refractivity contribution is 5.38. The van der Waals surface area contributed by atoms with Crippen LogP contribution in [0.4, 0.5) is 0 Å². The number of hydrogen-bond acceptors (Lipinski definition) is 2. The van der Waals surface area contributed by atoms with E-state index < -0.39 is 0 Å². The molecule has 0 bridgehead atoms. The molecule has 1 aromatic heterocycles. The fourth-order valence-electron chi connectivity index (χ4n) is 3.15. The van der Waals surface area contributed by atoms with E-state index in [1.807, 2.05) is 19.3 Å². The van der Waals surface area contributed by atoms with Crippen LogP contribution in [0.3, 0.4) is 0 Å². The molecule has 1 unspecified atom stereocenters. The first-order valence-corrected chi connectivity index (χ1v) is 7.55. The largest absolute Gasteiger partial charge is 0.319 e. The highest BCUT2D eigenvalue weighted by Gasteiger charge is 2.17. The average Bonchev–Trinajstić information content (AvgIpc) is 2.53. The molecule has 2 nitrogen and oxygen atoms in total. The van der Waals surface area contributed by atoms with Gasteiger partial charge in [-0.15, -0.1) is 0 Å². The van der Waals surface area contributed by atoms with E-state index in [4.69, 9.17) is 0 Å². The van der Waals surface area contributed by atoms with Gasteiger partial charge in [0.1, 0.15) is 0 Å². The Morgan fingerprint density at radius 2 is 1.95 bits per heavy atom. The van der Waals surface area contributed by atoms with Crippen molar-refractivity contribution >= 4 is 0 Å². The van der Waals surface area contributed by atoms with Crippen LogP contribution in [0.15, 0.2) is 42.6 Å². The van der Waals surface area contributed by atoms with Gasteiger partial charge in [-0.3, -0.25) is 4.98 Å². The summed E-state index contributed by atoms with van der Waals surface area (Å²) >= 11 is 0. The van der Waals surface area contributed by atoms with Crippen LogP contribution in [0.25, 0.3) is 0 Å². The summed E-state index contributed by atoms with van der Waals surface area (Å²) in [5.41, 5.74) is 5.63. The van der Waals surface area contributed by atoms with E-state index in [0.717, 1.165) is 12.2 Å². The first-order chi connectivity index (χ1) is 9.88. The number of benzene rings is 1. The van der Waals surface area contributed by atoms with Gasteiger partial charge in [0.25, 0.3) is 0 Å². The molecule has 104 valence electrons. The molecule has 1 heterocycles. The zero-order valence-corrected chi connectivity index (χ0v) is 12.1. The molecule has 1 atom stereocenters. The summed E-state index contributed by atoms with van der Waals surface area (Å²) in [5, 5.41) is 3.30. The number of hydrogen-bond donors (Lipinski definition) is 1. The molecule has 2 aromatic rings. The predicted octanol–water partition coefficient (Wildman–Crippen LogP) is 3.31. The van der Waals surface area contributed by atoms with Gasteiger partial charge in [-0.1, -0.05) is 24.3 Å². The Morgan fingerprint density at radius 1 is 1.10 bits per heavy atom. The van der Waals surface area contributed by atoms with Gasteiger partial charge in [0.05, 0.1) is 0 Å². The number of aromatic nitrogens is 1. The monoisotopic (exact) mass is 266 g/mol. The van der Waals surface area contributed by atoms with Crippen molar-refractivity contribution in [1.29, 1.82) is 0 Å². The highest BCUT2D eigenvalue weighted by Crippen LogP contribution is 2.28. The van der Waals surface area contributed by atoms with Crippen LogP contribution in [0.1, 0.15) is 41.1 Å². The van der Waals surface area contributed by atoms with E-state index in [-0.39, 0.29) is 0 Å². The Hall–Kier alpha value is -1.67. The van der Waals surface area contributed by atoms with Gasteiger partial charge < -0.3 is 5.32 Å². The Labute approximate surface area is 121 Å². The van der Waals surface area contributed by atoms with Gasteiger partial charge in [0.2, 0.25) is 0 Å². The maximum atomic E-state index is 4.55. The molecule has 0 radical (unpaired) electrons. The van der Waals surface area contributed by atoms with Crippen molar-refractivity contribution < 1.29 is 0 Å². The topological polar surface area (TPSA) is 24.9 Å². The second-order valence-electron chi connectivity index (χ2n) is 5.60. The predicted molar refractivity (Wildman–Crippen MR) is 83.1 cm³/mol. The molecule has 3 rings (SSSR count). The SMILES string of the molecule is CNCC(c1ccc2c(c1)CCCC2)c1ccccn1. The minimum Gasteiger partial charge on any atom is -0.319 e.